The van der Waals surface area contributed by atoms with Gasteiger partial charge in [0, 0.05) is 10.8 Å². The van der Waals surface area contributed by atoms with Crippen molar-refractivity contribution in [1.82, 2.24) is 0 Å². The minimum atomic E-state index is -0.398. The van der Waals surface area contributed by atoms with Gasteiger partial charge in [0.15, 0.2) is 0 Å². The third-order valence-electron chi connectivity index (χ3n) is 7.33. The van der Waals surface area contributed by atoms with Gasteiger partial charge >= 0.3 is 7.12 Å². The second kappa shape index (κ2) is 7.59. The van der Waals surface area contributed by atoms with Crippen LogP contribution in [0.15, 0.2) is 95.4 Å². The molecule has 34 heavy (non-hydrogen) atoms. The Morgan fingerprint density at radius 1 is 0.559 bits per heavy atom. The molecule has 1 fully saturated rings. The lowest BCUT2D eigenvalue weighted by atomic mass is 9.77. The minimum Gasteiger partial charge on any atom is -0.456 e. The largest absolute Gasteiger partial charge is 0.494 e. The van der Waals surface area contributed by atoms with Crippen LogP contribution in [0.2, 0.25) is 0 Å². The summed E-state index contributed by atoms with van der Waals surface area (Å²) in [5.74, 6) is 0. The summed E-state index contributed by atoms with van der Waals surface area (Å²) < 4.78 is 19.0. The molecular formula is C30H27BO3. The summed E-state index contributed by atoms with van der Waals surface area (Å²) in [7, 11) is -0.398. The maximum atomic E-state index is 6.32. The Bertz CT molecular complexity index is 1500. The van der Waals surface area contributed by atoms with Gasteiger partial charge in [-0.3, -0.25) is 0 Å². The Hall–Kier alpha value is -3.34. The van der Waals surface area contributed by atoms with E-state index in [2.05, 4.69) is 100 Å². The summed E-state index contributed by atoms with van der Waals surface area (Å²) in [6.07, 6.45) is 0. The predicted octanol–water partition coefficient (Wildman–Crippen LogP) is 7.22. The molecular weight excluding hydrogens is 419 g/mol. The van der Waals surface area contributed by atoms with E-state index in [1.807, 2.05) is 18.2 Å². The second-order valence-corrected chi connectivity index (χ2v) is 10.0. The first-order valence-electron chi connectivity index (χ1n) is 11.8. The summed E-state index contributed by atoms with van der Waals surface area (Å²) >= 11 is 0. The zero-order chi connectivity index (χ0) is 23.5. The number of benzene rings is 4. The molecule has 4 heteroatoms. The van der Waals surface area contributed by atoms with Gasteiger partial charge in [-0.15, -0.1) is 0 Å². The van der Waals surface area contributed by atoms with Gasteiger partial charge in [0.05, 0.1) is 11.2 Å². The first kappa shape index (κ1) is 21.2. The summed E-state index contributed by atoms with van der Waals surface area (Å²) in [4.78, 5) is 0. The van der Waals surface area contributed by atoms with Crippen molar-refractivity contribution in [3.05, 3.63) is 91.0 Å². The van der Waals surface area contributed by atoms with Gasteiger partial charge in [0.2, 0.25) is 0 Å². The van der Waals surface area contributed by atoms with Crippen molar-refractivity contribution in [3.63, 3.8) is 0 Å². The number of furan rings is 1. The van der Waals surface area contributed by atoms with Crippen LogP contribution in [0.5, 0.6) is 0 Å². The van der Waals surface area contributed by atoms with Crippen LogP contribution < -0.4 is 5.46 Å². The molecule has 0 bridgehead atoms. The number of rotatable bonds is 3. The molecule has 4 aromatic carbocycles. The Morgan fingerprint density at radius 2 is 1.09 bits per heavy atom. The van der Waals surface area contributed by atoms with Crippen LogP contribution >= 0.6 is 0 Å². The summed E-state index contributed by atoms with van der Waals surface area (Å²) in [5.41, 5.74) is 6.65. The molecule has 5 aromatic rings. The quantitative estimate of drug-likeness (QED) is 0.274. The molecule has 0 N–H and O–H groups in total. The lowest BCUT2D eigenvalue weighted by molar-refractivity contribution is 0.00578. The van der Waals surface area contributed by atoms with Crippen molar-refractivity contribution in [3.8, 4) is 22.3 Å². The molecule has 0 radical (unpaired) electrons. The van der Waals surface area contributed by atoms with Crippen LogP contribution in [0.4, 0.5) is 0 Å². The van der Waals surface area contributed by atoms with Crippen LogP contribution in [0.1, 0.15) is 27.7 Å². The van der Waals surface area contributed by atoms with Gasteiger partial charge in [-0.1, -0.05) is 78.9 Å². The Morgan fingerprint density at radius 3 is 1.71 bits per heavy atom. The Kier molecular flexibility index (Phi) is 4.74. The molecule has 1 saturated heterocycles. The SMILES string of the molecule is CC1(C)OB(c2cccc(-c3cccc4oc5cccc(-c6ccccc6)c5c34)c2)OC1(C)C. The Labute approximate surface area is 200 Å². The van der Waals surface area contributed by atoms with Crippen LogP contribution in [0, 0.1) is 0 Å². The van der Waals surface area contributed by atoms with Crippen LogP contribution in [-0.2, 0) is 9.31 Å². The smallest absolute Gasteiger partial charge is 0.456 e. The molecule has 0 unspecified atom stereocenters. The fourth-order valence-corrected chi connectivity index (χ4v) is 4.80. The monoisotopic (exact) mass is 446 g/mol. The molecule has 1 aromatic heterocycles. The maximum Gasteiger partial charge on any atom is 0.494 e. The normalized spacial score (nSPS) is 17.0. The zero-order valence-corrected chi connectivity index (χ0v) is 20.0. The first-order chi connectivity index (χ1) is 16.3. The van der Waals surface area contributed by atoms with Gasteiger partial charge in [0.25, 0.3) is 0 Å². The van der Waals surface area contributed by atoms with Crippen molar-refractivity contribution in [2.45, 2.75) is 38.9 Å². The van der Waals surface area contributed by atoms with E-state index in [4.69, 9.17) is 13.7 Å². The topological polar surface area (TPSA) is 31.6 Å². The van der Waals surface area contributed by atoms with Gasteiger partial charge in [-0.05, 0) is 67.5 Å². The molecule has 0 atom stereocenters. The minimum absolute atomic E-state index is 0.376. The van der Waals surface area contributed by atoms with Crippen molar-refractivity contribution in [1.29, 1.82) is 0 Å². The molecule has 168 valence electrons. The van der Waals surface area contributed by atoms with Gasteiger partial charge < -0.3 is 13.7 Å². The highest BCUT2D eigenvalue weighted by atomic mass is 16.7. The highest BCUT2D eigenvalue weighted by molar-refractivity contribution is 6.62. The maximum absolute atomic E-state index is 6.32. The van der Waals surface area contributed by atoms with E-state index < -0.39 is 7.12 Å². The summed E-state index contributed by atoms with van der Waals surface area (Å²) in [5, 5.41) is 2.27. The van der Waals surface area contributed by atoms with E-state index in [1.165, 1.54) is 11.1 Å². The van der Waals surface area contributed by atoms with Gasteiger partial charge in [0.1, 0.15) is 11.2 Å². The Balaban J connectivity index is 1.54. The zero-order valence-electron chi connectivity index (χ0n) is 20.0. The van der Waals surface area contributed by atoms with Gasteiger partial charge in [-0.25, -0.2) is 0 Å². The molecule has 1 aliphatic rings. The van der Waals surface area contributed by atoms with E-state index in [0.29, 0.717) is 0 Å². The molecule has 0 aliphatic carbocycles. The third-order valence-corrected chi connectivity index (χ3v) is 7.33. The number of hydrogen-bond donors (Lipinski definition) is 0. The number of hydrogen-bond acceptors (Lipinski definition) is 3. The lowest BCUT2D eigenvalue weighted by Gasteiger charge is -2.32. The van der Waals surface area contributed by atoms with E-state index in [9.17, 15) is 0 Å². The van der Waals surface area contributed by atoms with Crippen molar-refractivity contribution >= 4 is 34.5 Å². The van der Waals surface area contributed by atoms with E-state index in [-0.39, 0.29) is 11.2 Å². The summed E-state index contributed by atoms with van der Waals surface area (Å²) in [6, 6.07) is 31.5. The molecule has 3 nitrogen and oxygen atoms in total. The molecule has 1 aliphatic heterocycles. The molecule has 6 rings (SSSR count). The molecule has 0 saturated carbocycles. The molecule has 2 heterocycles. The van der Waals surface area contributed by atoms with Crippen LogP contribution in [0.3, 0.4) is 0 Å². The van der Waals surface area contributed by atoms with Crippen molar-refractivity contribution < 1.29 is 13.7 Å². The van der Waals surface area contributed by atoms with E-state index in [1.54, 1.807) is 0 Å². The van der Waals surface area contributed by atoms with Crippen LogP contribution in [-0.4, -0.2) is 18.3 Å². The first-order valence-corrected chi connectivity index (χ1v) is 11.8. The second-order valence-electron chi connectivity index (χ2n) is 10.0. The van der Waals surface area contributed by atoms with E-state index >= 15 is 0 Å². The van der Waals surface area contributed by atoms with Crippen molar-refractivity contribution in [2.24, 2.45) is 0 Å². The average molecular weight is 446 g/mol. The lowest BCUT2D eigenvalue weighted by Crippen LogP contribution is -2.41. The van der Waals surface area contributed by atoms with E-state index in [0.717, 1.165) is 38.5 Å². The molecule has 0 spiro atoms. The molecule has 0 amide bonds. The standard InChI is InChI=1S/C30H27BO3/c1-29(2)30(3,4)34-31(33-29)22-14-8-13-21(19-22)24-16-10-18-26-28(24)27-23(15-9-17-25(27)32-26)20-11-6-5-7-12-20/h5-19H,1-4H3. The van der Waals surface area contributed by atoms with Gasteiger partial charge in [-0.2, -0.15) is 0 Å². The average Bonchev–Trinajstić information content (AvgIpc) is 3.33. The van der Waals surface area contributed by atoms with Crippen LogP contribution in [0.25, 0.3) is 44.2 Å². The fourth-order valence-electron chi connectivity index (χ4n) is 4.80. The highest BCUT2D eigenvalue weighted by Crippen LogP contribution is 2.41. The third kappa shape index (κ3) is 3.29. The predicted molar refractivity (Wildman–Crippen MR) is 140 cm³/mol. The van der Waals surface area contributed by atoms with Crippen molar-refractivity contribution in [2.75, 3.05) is 0 Å². The highest BCUT2D eigenvalue weighted by Gasteiger charge is 2.51. The fraction of sp³-hybridized carbons (Fsp3) is 0.200. The summed E-state index contributed by atoms with van der Waals surface area (Å²) in [6.45, 7) is 8.33. The number of fused-ring (bicyclic) bond motifs is 3.